The van der Waals surface area contributed by atoms with E-state index in [0.717, 1.165) is 103 Å². The highest BCUT2D eigenvalue weighted by Crippen LogP contribution is 2.78. The lowest BCUT2D eigenvalue weighted by Gasteiger charge is -2.72. The Balaban J connectivity index is 0.934. The number of hydrogen-bond acceptors (Lipinski definition) is 5. The van der Waals surface area contributed by atoms with Crippen LogP contribution in [0, 0.1) is 113 Å². The molecule has 0 aromatic carbocycles. The largest absolute Gasteiger partial charge is 0.481 e. The number of allylic oxidation sites excluding steroid dienone is 4. The highest BCUT2D eigenvalue weighted by Gasteiger charge is 2.73. The number of aliphatic hydroxyl groups excluding tert-OH is 2. The minimum Gasteiger partial charge on any atom is -0.481 e. The molecule has 6 nitrogen and oxygen atoms in total. The number of aliphatic hydroxyl groups is 2. The van der Waals surface area contributed by atoms with Gasteiger partial charge in [0.25, 0.3) is 0 Å². The summed E-state index contributed by atoms with van der Waals surface area (Å²) in [6.07, 6.45) is 20.4. The van der Waals surface area contributed by atoms with Crippen LogP contribution in [0.15, 0.2) is 23.3 Å². The van der Waals surface area contributed by atoms with Crippen LogP contribution >= 0.6 is 0 Å². The number of carboxylic acids is 1. The van der Waals surface area contributed by atoms with Crippen molar-refractivity contribution in [2.24, 2.45) is 113 Å². The Morgan fingerprint density at radius 2 is 1.02 bits per heavy atom. The van der Waals surface area contributed by atoms with Crippen molar-refractivity contribution in [3.8, 4) is 0 Å². The number of carbonyl (C=O) groups is 2. The molecule has 0 aromatic heterocycles. The first-order valence-electron chi connectivity index (χ1n) is 27.8. The Labute approximate surface area is 401 Å². The van der Waals surface area contributed by atoms with Crippen molar-refractivity contribution in [1.29, 1.82) is 0 Å². The van der Waals surface area contributed by atoms with Gasteiger partial charge in [-0.2, -0.15) is 0 Å². The van der Waals surface area contributed by atoms with Gasteiger partial charge in [0.2, 0.25) is 0 Å². The fourth-order valence-electron chi connectivity index (χ4n) is 22.3. The topological polar surface area (TPSA) is 104 Å². The lowest BCUT2D eigenvalue weighted by atomic mass is 9.33. The predicted molar refractivity (Wildman–Crippen MR) is 263 cm³/mol. The van der Waals surface area contributed by atoms with Crippen molar-refractivity contribution in [3.05, 3.63) is 23.3 Å². The molecular formula is C60H94O6. The van der Waals surface area contributed by atoms with Crippen LogP contribution in [0.4, 0.5) is 0 Å². The van der Waals surface area contributed by atoms with Gasteiger partial charge in [0.05, 0.1) is 23.0 Å². The summed E-state index contributed by atoms with van der Waals surface area (Å²) in [7, 11) is 0. The fraction of sp³-hybridized carbons (Fsp3) is 0.900. The average Bonchev–Trinajstić information content (AvgIpc) is 3.24. The molecule has 3 N–H and O–H groups in total. The second-order valence-electron chi connectivity index (χ2n) is 29.2. The maximum Gasteiger partial charge on any atom is 0.312 e. The number of aliphatic carboxylic acids is 1. The van der Waals surface area contributed by atoms with Crippen LogP contribution in [0.5, 0.6) is 0 Å². The van der Waals surface area contributed by atoms with E-state index < -0.39 is 29.0 Å². The number of hydrogen-bond donors (Lipinski definition) is 3. The summed E-state index contributed by atoms with van der Waals surface area (Å²) in [6, 6.07) is 0. The summed E-state index contributed by atoms with van der Waals surface area (Å²) < 4.78 is 7.26. The maximum atomic E-state index is 15.7. The molecule has 21 atom stereocenters. The Kier molecular flexibility index (Phi) is 10.7. The lowest BCUT2D eigenvalue weighted by molar-refractivity contribution is -0.235. The molecule has 10 aliphatic carbocycles. The average molecular weight is 911 g/mol. The normalized spacial score (nSPS) is 56.7. The van der Waals surface area contributed by atoms with E-state index in [4.69, 9.17) is 4.74 Å². The van der Waals surface area contributed by atoms with Crippen LogP contribution in [0.25, 0.3) is 0 Å². The first-order chi connectivity index (χ1) is 30.6. The number of fused-ring (bicyclic) bond motifs is 14. The lowest BCUT2D eigenvalue weighted by Crippen LogP contribution is -2.67. The van der Waals surface area contributed by atoms with Crippen molar-refractivity contribution in [1.82, 2.24) is 0 Å². The second-order valence-corrected chi connectivity index (χ2v) is 29.2. The second kappa shape index (κ2) is 14.7. The Bertz CT molecular complexity index is 2080. The van der Waals surface area contributed by atoms with Gasteiger partial charge in [-0.3, -0.25) is 9.59 Å². The summed E-state index contributed by atoms with van der Waals surface area (Å²) in [6.45, 7) is 34.3. The number of carbonyl (C=O) groups excluding carboxylic acids is 1. The molecule has 10 rings (SSSR count). The molecule has 0 aliphatic heterocycles. The van der Waals surface area contributed by atoms with Crippen molar-refractivity contribution in [2.45, 2.75) is 224 Å². The molecule has 0 aromatic rings. The van der Waals surface area contributed by atoms with Crippen molar-refractivity contribution in [3.63, 3.8) is 0 Å². The number of esters is 1. The van der Waals surface area contributed by atoms with E-state index in [1.165, 1.54) is 5.57 Å². The molecule has 66 heavy (non-hydrogen) atoms. The number of rotatable bonds is 3. The predicted octanol–water partition coefficient (Wildman–Crippen LogP) is 13.6. The molecule has 4 unspecified atom stereocenters. The van der Waals surface area contributed by atoms with Gasteiger partial charge in [0.15, 0.2) is 0 Å². The van der Waals surface area contributed by atoms with E-state index in [1.807, 2.05) is 0 Å². The molecule has 0 saturated heterocycles. The standard InChI is InChI=1S/C60H94O6/c1-34-19-27-59(49(63)64)31-29-55(11)38(46(59)36(34)3)15-17-43-53(9)24-23-45(51(5,6)41(53)21-25-57(43,55)13)66-50(65)60-28-20-35(2)37(4)47(60)39-16-18-44-54(10)33-40(61)48(62)52(7,8)42(54)22-26-58(44,14)56(39,12)30-32-60/h15-16,34-37,40-48,61-62H,17-33H2,1-14H3,(H,63,64)/t34-,35-,36+,37+,40?,41?,42?,43-,44?,45+,46+,47+,48+,53+,54+,55-,56-,57-,58-,59+,60+/m1/s1. The van der Waals surface area contributed by atoms with Crippen molar-refractivity contribution >= 4 is 11.9 Å². The summed E-state index contributed by atoms with van der Waals surface area (Å²) >= 11 is 0. The van der Waals surface area contributed by atoms with Crippen LogP contribution in [0.3, 0.4) is 0 Å². The van der Waals surface area contributed by atoms with Crippen LogP contribution in [-0.4, -0.2) is 45.6 Å². The van der Waals surface area contributed by atoms with Crippen LogP contribution in [0.1, 0.15) is 206 Å². The monoisotopic (exact) mass is 911 g/mol. The molecule has 0 radical (unpaired) electrons. The van der Waals surface area contributed by atoms with E-state index in [1.54, 1.807) is 5.57 Å². The quantitative estimate of drug-likeness (QED) is 0.192. The summed E-state index contributed by atoms with van der Waals surface area (Å²) in [5.74, 6) is 3.40. The molecule has 8 saturated carbocycles. The summed E-state index contributed by atoms with van der Waals surface area (Å²) in [5.41, 5.74) is 1.55. The van der Waals surface area contributed by atoms with Crippen LogP contribution in [0.2, 0.25) is 0 Å². The Hall–Kier alpha value is -1.66. The molecule has 0 spiro atoms. The third-order valence-corrected chi connectivity index (χ3v) is 26.9. The molecule has 0 amide bonds. The van der Waals surface area contributed by atoms with Crippen LogP contribution < -0.4 is 0 Å². The summed E-state index contributed by atoms with van der Waals surface area (Å²) in [4.78, 5) is 29.0. The van der Waals surface area contributed by atoms with Crippen molar-refractivity contribution < 1.29 is 29.6 Å². The molecule has 0 bridgehead atoms. The molecule has 6 heteroatoms. The van der Waals surface area contributed by atoms with Crippen molar-refractivity contribution in [2.75, 3.05) is 0 Å². The Morgan fingerprint density at radius 3 is 1.55 bits per heavy atom. The van der Waals surface area contributed by atoms with E-state index in [0.29, 0.717) is 53.8 Å². The zero-order chi connectivity index (χ0) is 48.0. The van der Waals surface area contributed by atoms with Crippen LogP contribution in [-0.2, 0) is 14.3 Å². The fourth-order valence-corrected chi connectivity index (χ4v) is 22.3. The zero-order valence-corrected chi connectivity index (χ0v) is 44.2. The van der Waals surface area contributed by atoms with Gasteiger partial charge in [-0.05, 0) is 206 Å². The molecular weight excluding hydrogens is 817 g/mol. The highest BCUT2D eigenvalue weighted by atomic mass is 16.5. The third kappa shape index (κ3) is 5.67. The van der Waals surface area contributed by atoms with E-state index >= 15 is 4.79 Å². The molecule has 10 aliphatic rings. The summed E-state index contributed by atoms with van der Waals surface area (Å²) in [5, 5.41) is 33.6. The number of ether oxygens (including phenoxy) is 1. The first-order valence-corrected chi connectivity index (χ1v) is 27.8. The SMILES string of the molecule is C[C@H]1[C@H](C)CC[C@]2(C(=O)O)CC[C@]3(C)C(=CC[C@@H]4[C@@]5(C)CC[C@H](OC(=O)[C@]67CC[C@@H](C)[C@H](C)[C@H]6C6=CCC8[C@@]9(C)CC(O)[C@H](O)C(C)(C)C9CC[C@@]8(C)[C@]6(C)CC7)C(C)(C)C5CC[C@]43C)[C@H]12. The molecule has 8 fully saturated rings. The zero-order valence-electron chi connectivity index (χ0n) is 44.2. The first kappa shape index (κ1) is 48.0. The van der Waals surface area contributed by atoms with E-state index in [-0.39, 0.29) is 67.2 Å². The third-order valence-electron chi connectivity index (χ3n) is 26.9. The van der Waals surface area contributed by atoms with Gasteiger partial charge in [-0.1, -0.05) is 120 Å². The molecule has 370 valence electrons. The Morgan fingerprint density at radius 1 is 0.545 bits per heavy atom. The van der Waals surface area contributed by atoms with Gasteiger partial charge >= 0.3 is 11.9 Å². The van der Waals surface area contributed by atoms with Gasteiger partial charge in [0, 0.05) is 5.41 Å². The maximum absolute atomic E-state index is 15.7. The van der Waals surface area contributed by atoms with E-state index in [2.05, 4.69) is 109 Å². The highest BCUT2D eigenvalue weighted by molar-refractivity contribution is 5.79. The van der Waals surface area contributed by atoms with Gasteiger partial charge in [-0.15, -0.1) is 0 Å². The van der Waals surface area contributed by atoms with Gasteiger partial charge in [0.1, 0.15) is 6.10 Å². The minimum absolute atomic E-state index is 0.0105. The van der Waals surface area contributed by atoms with Gasteiger partial charge in [-0.25, -0.2) is 0 Å². The molecule has 0 heterocycles. The van der Waals surface area contributed by atoms with Gasteiger partial charge < -0.3 is 20.1 Å². The smallest absolute Gasteiger partial charge is 0.312 e. The number of carboxylic acid groups (broad SMARTS) is 1. The van der Waals surface area contributed by atoms with E-state index in [9.17, 15) is 20.1 Å². The minimum atomic E-state index is -0.701.